The fourth-order valence-electron chi connectivity index (χ4n) is 1.74. The number of nitro groups is 1. The van der Waals surface area contributed by atoms with Gasteiger partial charge in [0, 0.05) is 24.3 Å². The molecule has 0 saturated carbocycles. The van der Waals surface area contributed by atoms with Crippen LogP contribution in [0.15, 0.2) is 34.9 Å². The minimum absolute atomic E-state index is 0.0279. The second kappa shape index (κ2) is 5.95. The van der Waals surface area contributed by atoms with Crippen molar-refractivity contribution in [2.75, 3.05) is 0 Å². The molecule has 1 aromatic carbocycles. The summed E-state index contributed by atoms with van der Waals surface area (Å²) in [6.07, 6.45) is 1.84. The van der Waals surface area contributed by atoms with Crippen LogP contribution in [-0.4, -0.2) is 20.2 Å². The Hall–Kier alpha value is -1.73. The van der Waals surface area contributed by atoms with Crippen LogP contribution in [0.25, 0.3) is 5.69 Å². The maximum Gasteiger partial charge on any atom is 0.283 e. The fourth-order valence-corrected chi connectivity index (χ4v) is 2.25. The van der Waals surface area contributed by atoms with Crippen molar-refractivity contribution in [2.45, 2.75) is 32.9 Å². The van der Waals surface area contributed by atoms with Gasteiger partial charge >= 0.3 is 0 Å². The minimum atomic E-state index is -0.421. The van der Waals surface area contributed by atoms with Gasteiger partial charge < -0.3 is 5.32 Å². The van der Waals surface area contributed by atoms with E-state index in [1.54, 1.807) is 16.8 Å². The van der Waals surface area contributed by atoms with E-state index < -0.39 is 4.92 Å². The number of nitrogens with one attached hydrogen (secondary N) is 1. The van der Waals surface area contributed by atoms with E-state index in [1.807, 2.05) is 12.3 Å². The molecule has 0 aliphatic rings. The number of rotatable bonds is 4. The number of hydrogen-bond acceptors (Lipinski definition) is 4. The average molecular weight is 353 g/mol. The van der Waals surface area contributed by atoms with E-state index in [0.717, 1.165) is 11.4 Å². The molecule has 0 fully saturated rings. The molecule has 7 heteroatoms. The summed E-state index contributed by atoms with van der Waals surface area (Å²) in [5.74, 6) is 0. The largest absolute Gasteiger partial charge is 0.306 e. The van der Waals surface area contributed by atoms with Gasteiger partial charge in [0.2, 0.25) is 0 Å². The Kier molecular flexibility index (Phi) is 4.43. The smallest absolute Gasteiger partial charge is 0.283 e. The second-order valence-electron chi connectivity index (χ2n) is 5.75. The molecule has 2 aromatic rings. The Balaban J connectivity index is 2.18. The quantitative estimate of drug-likeness (QED) is 0.675. The number of nitrogens with zero attached hydrogens (tertiary/aromatic N) is 3. The van der Waals surface area contributed by atoms with Crippen LogP contribution in [0.3, 0.4) is 0 Å². The molecule has 0 aliphatic carbocycles. The van der Waals surface area contributed by atoms with Gasteiger partial charge in [-0.2, -0.15) is 5.10 Å². The summed E-state index contributed by atoms with van der Waals surface area (Å²) in [6.45, 7) is 6.96. The number of hydrogen-bond donors (Lipinski definition) is 1. The molecule has 1 N–H and O–H groups in total. The molecule has 0 aliphatic heterocycles. The van der Waals surface area contributed by atoms with E-state index in [4.69, 9.17) is 0 Å². The van der Waals surface area contributed by atoms with Crippen LogP contribution >= 0.6 is 15.9 Å². The maximum atomic E-state index is 10.8. The number of nitro benzene ring substituents is 1. The van der Waals surface area contributed by atoms with Crippen LogP contribution in [0.1, 0.15) is 26.5 Å². The van der Waals surface area contributed by atoms with Crippen LogP contribution < -0.4 is 5.32 Å². The van der Waals surface area contributed by atoms with Crippen LogP contribution in [0.5, 0.6) is 0 Å². The van der Waals surface area contributed by atoms with Crippen LogP contribution in [0, 0.1) is 10.1 Å². The molecular formula is C14H17BrN4O2. The summed E-state index contributed by atoms with van der Waals surface area (Å²) < 4.78 is 2.14. The van der Waals surface area contributed by atoms with Gasteiger partial charge in [0.25, 0.3) is 5.69 Å². The standard InChI is InChI=1S/C14H17BrN4O2/c1-14(2,3)16-9-10-6-7-18(17-10)11-4-5-13(19(20)21)12(15)8-11/h4-8,16H,9H2,1-3H3. The SMILES string of the molecule is CC(C)(C)NCc1ccn(-c2ccc([N+](=O)[O-])c(Br)c2)n1. The van der Waals surface area contributed by atoms with Crippen molar-refractivity contribution in [3.05, 3.63) is 50.7 Å². The highest BCUT2D eigenvalue weighted by atomic mass is 79.9. The third-order valence-corrected chi connectivity index (χ3v) is 3.47. The zero-order valence-corrected chi connectivity index (χ0v) is 13.7. The van der Waals surface area contributed by atoms with Crippen molar-refractivity contribution in [1.29, 1.82) is 0 Å². The van der Waals surface area contributed by atoms with E-state index in [9.17, 15) is 10.1 Å². The zero-order valence-electron chi connectivity index (χ0n) is 12.1. The molecule has 1 heterocycles. The van der Waals surface area contributed by atoms with Gasteiger partial charge in [-0.3, -0.25) is 10.1 Å². The molecule has 6 nitrogen and oxygen atoms in total. The Labute approximate surface area is 131 Å². The number of benzene rings is 1. The molecule has 112 valence electrons. The lowest BCUT2D eigenvalue weighted by Gasteiger charge is -2.19. The van der Waals surface area contributed by atoms with Gasteiger partial charge in [0.15, 0.2) is 0 Å². The molecule has 1 aromatic heterocycles. The average Bonchev–Trinajstić information content (AvgIpc) is 2.83. The van der Waals surface area contributed by atoms with Gasteiger partial charge in [-0.15, -0.1) is 0 Å². The summed E-state index contributed by atoms with van der Waals surface area (Å²) in [7, 11) is 0. The lowest BCUT2D eigenvalue weighted by Crippen LogP contribution is -2.35. The van der Waals surface area contributed by atoms with Crippen molar-refractivity contribution in [1.82, 2.24) is 15.1 Å². The summed E-state index contributed by atoms with van der Waals surface area (Å²) in [5.41, 5.74) is 1.76. The first-order valence-corrected chi connectivity index (χ1v) is 7.29. The molecule has 0 radical (unpaired) electrons. The highest BCUT2D eigenvalue weighted by Gasteiger charge is 2.13. The Morgan fingerprint density at radius 3 is 2.67 bits per heavy atom. The first-order chi connectivity index (χ1) is 9.76. The normalized spacial score (nSPS) is 11.6. The molecular weight excluding hydrogens is 336 g/mol. The summed E-state index contributed by atoms with van der Waals surface area (Å²) in [6, 6.07) is 6.76. The predicted octanol–water partition coefficient (Wildman–Crippen LogP) is 3.43. The summed E-state index contributed by atoms with van der Waals surface area (Å²) >= 11 is 3.21. The Morgan fingerprint density at radius 1 is 1.38 bits per heavy atom. The van der Waals surface area contributed by atoms with Crippen molar-refractivity contribution >= 4 is 21.6 Å². The van der Waals surface area contributed by atoms with Gasteiger partial charge in [0.1, 0.15) is 0 Å². The first-order valence-electron chi connectivity index (χ1n) is 6.50. The highest BCUT2D eigenvalue weighted by Crippen LogP contribution is 2.26. The van der Waals surface area contributed by atoms with Crippen LogP contribution in [-0.2, 0) is 6.54 Å². The second-order valence-corrected chi connectivity index (χ2v) is 6.60. The lowest BCUT2D eigenvalue weighted by atomic mass is 10.1. The van der Waals surface area contributed by atoms with Gasteiger partial charge in [-0.05, 0) is 54.9 Å². The van der Waals surface area contributed by atoms with E-state index in [-0.39, 0.29) is 11.2 Å². The van der Waals surface area contributed by atoms with Crippen molar-refractivity contribution < 1.29 is 4.92 Å². The summed E-state index contributed by atoms with van der Waals surface area (Å²) in [4.78, 5) is 10.4. The molecule has 21 heavy (non-hydrogen) atoms. The third kappa shape index (κ3) is 4.12. The van der Waals surface area contributed by atoms with Crippen LogP contribution in [0.2, 0.25) is 0 Å². The molecule has 0 amide bonds. The van der Waals surface area contributed by atoms with Crippen molar-refractivity contribution in [3.8, 4) is 5.69 Å². The third-order valence-electron chi connectivity index (χ3n) is 2.84. The van der Waals surface area contributed by atoms with Crippen molar-refractivity contribution in [2.24, 2.45) is 0 Å². The summed E-state index contributed by atoms with van der Waals surface area (Å²) in [5, 5.41) is 18.6. The first kappa shape index (κ1) is 15.7. The van der Waals surface area contributed by atoms with Gasteiger partial charge in [0.05, 0.1) is 20.8 Å². The molecule has 0 unspecified atom stereocenters. The zero-order chi connectivity index (χ0) is 15.6. The van der Waals surface area contributed by atoms with E-state index in [2.05, 4.69) is 47.1 Å². The predicted molar refractivity (Wildman–Crippen MR) is 84.5 cm³/mol. The monoisotopic (exact) mass is 352 g/mol. The van der Waals surface area contributed by atoms with E-state index >= 15 is 0 Å². The lowest BCUT2D eigenvalue weighted by molar-refractivity contribution is -0.385. The number of aromatic nitrogens is 2. The molecule has 0 atom stereocenters. The van der Waals surface area contributed by atoms with Crippen LogP contribution in [0.4, 0.5) is 5.69 Å². The molecule has 0 bridgehead atoms. The van der Waals surface area contributed by atoms with E-state index in [0.29, 0.717) is 11.0 Å². The highest BCUT2D eigenvalue weighted by molar-refractivity contribution is 9.10. The Bertz CT molecular complexity index is 661. The minimum Gasteiger partial charge on any atom is -0.306 e. The number of halogens is 1. The molecule has 2 rings (SSSR count). The maximum absolute atomic E-state index is 10.8. The molecule has 0 spiro atoms. The topological polar surface area (TPSA) is 73.0 Å². The van der Waals surface area contributed by atoms with Crippen molar-refractivity contribution in [3.63, 3.8) is 0 Å². The Morgan fingerprint density at radius 2 is 2.10 bits per heavy atom. The molecule has 0 saturated heterocycles. The van der Waals surface area contributed by atoms with Gasteiger partial charge in [-0.1, -0.05) is 0 Å². The van der Waals surface area contributed by atoms with Gasteiger partial charge in [-0.25, -0.2) is 4.68 Å². The fraction of sp³-hybridized carbons (Fsp3) is 0.357. The van der Waals surface area contributed by atoms with E-state index in [1.165, 1.54) is 6.07 Å².